The van der Waals surface area contributed by atoms with Gasteiger partial charge in [-0.05, 0) is 37.3 Å². The highest BCUT2D eigenvalue weighted by Gasteiger charge is 2.15. The molecule has 1 atom stereocenters. The van der Waals surface area contributed by atoms with Crippen LogP contribution < -0.4 is 10.5 Å². The van der Waals surface area contributed by atoms with Crippen molar-refractivity contribution in [3.05, 3.63) is 36.4 Å². The van der Waals surface area contributed by atoms with Crippen molar-refractivity contribution in [3.63, 3.8) is 0 Å². The molecule has 6 heteroatoms. The molecule has 0 bridgehead atoms. The highest BCUT2D eigenvalue weighted by atomic mass is 32.2. The van der Waals surface area contributed by atoms with Crippen molar-refractivity contribution >= 4 is 27.5 Å². The molecule has 0 saturated heterocycles. The summed E-state index contributed by atoms with van der Waals surface area (Å²) in [4.78, 5) is 0.935. The minimum absolute atomic E-state index is 0.120. The molecule has 0 fully saturated rings. The lowest BCUT2D eigenvalue weighted by atomic mass is 9.95. The maximum Gasteiger partial charge on any atom is 0.212 e. The van der Waals surface area contributed by atoms with E-state index >= 15 is 0 Å². The van der Waals surface area contributed by atoms with Crippen molar-refractivity contribution in [2.45, 2.75) is 24.2 Å². The van der Waals surface area contributed by atoms with Gasteiger partial charge in [-0.2, -0.15) is 0 Å². The lowest BCUT2D eigenvalue weighted by molar-refractivity contribution is 0.468. The minimum atomic E-state index is -3.20. The molecule has 1 aromatic rings. The van der Waals surface area contributed by atoms with Crippen molar-refractivity contribution in [1.82, 2.24) is 4.72 Å². The standard InChI is InChI=1S/C15H22N2O2S2/c16-14-8-4-5-9-15(14)20-10-11-21(18,19)17-12-13-6-2-1-3-7-13/h1-2,4-5,8-9,13,17H,3,6-7,10-12,16H2. The number of nitrogen functional groups attached to an aromatic ring is 1. The van der Waals surface area contributed by atoms with E-state index in [1.54, 1.807) is 0 Å². The van der Waals surface area contributed by atoms with Gasteiger partial charge in [0.15, 0.2) is 0 Å². The Labute approximate surface area is 131 Å². The predicted molar refractivity (Wildman–Crippen MR) is 89.8 cm³/mol. The zero-order valence-corrected chi connectivity index (χ0v) is 13.6. The first-order valence-electron chi connectivity index (χ1n) is 7.16. The van der Waals surface area contributed by atoms with Gasteiger partial charge in [0.05, 0.1) is 5.75 Å². The fourth-order valence-electron chi connectivity index (χ4n) is 2.23. The second-order valence-electron chi connectivity index (χ2n) is 5.20. The smallest absolute Gasteiger partial charge is 0.212 e. The molecule has 1 unspecified atom stereocenters. The monoisotopic (exact) mass is 326 g/mol. The quantitative estimate of drug-likeness (QED) is 0.459. The van der Waals surface area contributed by atoms with Crippen molar-refractivity contribution in [2.75, 3.05) is 23.8 Å². The zero-order valence-electron chi connectivity index (χ0n) is 12.0. The lowest BCUT2D eigenvalue weighted by Crippen LogP contribution is -2.32. The second-order valence-corrected chi connectivity index (χ2v) is 8.27. The number of benzene rings is 1. The van der Waals surface area contributed by atoms with Gasteiger partial charge in [0.1, 0.15) is 0 Å². The number of hydrogen-bond acceptors (Lipinski definition) is 4. The van der Waals surface area contributed by atoms with Crippen LogP contribution in [0, 0.1) is 5.92 Å². The van der Waals surface area contributed by atoms with Crippen LogP contribution in [-0.2, 0) is 10.0 Å². The lowest BCUT2D eigenvalue weighted by Gasteiger charge is -2.18. The Kier molecular flexibility index (Phi) is 6.14. The van der Waals surface area contributed by atoms with Crippen LogP contribution >= 0.6 is 11.8 Å². The number of sulfonamides is 1. The van der Waals surface area contributed by atoms with E-state index in [2.05, 4.69) is 16.9 Å². The van der Waals surface area contributed by atoms with Crippen LogP contribution in [0.25, 0.3) is 0 Å². The van der Waals surface area contributed by atoms with Gasteiger partial charge in [0.25, 0.3) is 0 Å². The van der Waals surface area contributed by atoms with Gasteiger partial charge in [0.2, 0.25) is 10.0 Å². The molecule has 0 aromatic heterocycles. The summed E-state index contributed by atoms with van der Waals surface area (Å²) in [5.41, 5.74) is 6.53. The van der Waals surface area contributed by atoms with E-state index in [4.69, 9.17) is 5.73 Å². The van der Waals surface area contributed by atoms with Gasteiger partial charge >= 0.3 is 0 Å². The first-order chi connectivity index (χ1) is 10.1. The number of hydrogen-bond donors (Lipinski definition) is 2. The van der Waals surface area contributed by atoms with E-state index in [1.165, 1.54) is 11.8 Å². The zero-order chi connectivity index (χ0) is 15.1. The molecule has 116 valence electrons. The molecule has 0 aliphatic heterocycles. The number of nitrogens with one attached hydrogen (secondary N) is 1. The topological polar surface area (TPSA) is 72.2 Å². The van der Waals surface area contributed by atoms with Crippen molar-refractivity contribution < 1.29 is 8.42 Å². The van der Waals surface area contributed by atoms with Gasteiger partial charge < -0.3 is 5.73 Å². The Morgan fingerprint density at radius 3 is 2.81 bits per heavy atom. The van der Waals surface area contributed by atoms with E-state index in [9.17, 15) is 8.42 Å². The van der Waals surface area contributed by atoms with Crippen LogP contribution in [0.5, 0.6) is 0 Å². The molecular formula is C15H22N2O2S2. The van der Waals surface area contributed by atoms with Crippen molar-refractivity contribution in [2.24, 2.45) is 5.92 Å². The molecule has 0 saturated carbocycles. The van der Waals surface area contributed by atoms with Crippen LogP contribution in [0.4, 0.5) is 5.69 Å². The Hall–Kier alpha value is -0.980. The summed E-state index contributed by atoms with van der Waals surface area (Å²) in [7, 11) is -3.20. The van der Waals surface area contributed by atoms with Gasteiger partial charge in [-0.25, -0.2) is 13.1 Å². The maximum absolute atomic E-state index is 12.0. The average molecular weight is 326 g/mol. The molecule has 0 amide bonds. The summed E-state index contributed by atoms with van der Waals surface area (Å²) >= 11 is 1.48. The predicted octanol–water partition coefficient (Wildman–Crippen LogP) is 2.64. The fourth-order valence-corrected chi connectivity index (χ4v) is 4.71. The van der Waals surface area contributed by atoms with Gasteiger partial charge in [-0.3, -0.25) is 0 Å². The summed E-state index contributed by atoms with van der Waals surface area (Å²) in [6, 6.07) is 7.51. The molecule has 1 aliphatic rings. The normalized spacial score (nSPS) is 18.8. The number of nitrogens with two attached hydrogens (primary N) is 1. The molecule has 3 N–H and O–H groups in total. The summed E-state index contributed by atoms with van der Waals surface area (Å²) in [6.45, 7) is 0.546. The number of allylic oxidation sites excluding steroid dienone is 2. The highest BCUT2D eigenvalue weighted by Crippen LogP contribution is 2.24. The van der Waals surface area contributed by atoms with Crippen molar-refractivity contribution in [1.29, 1.82) is 0 Å². The Morgan fingerprint density at radius 2 is 2.10 bits per heavy atom. The molecule has 4 nitrogen and oxygen atoms in total. The van der Waals surface area contributed by atoms with E-state index in [0.29, 0.717) is 23.9 Å². The summed E-state index contributed by atoms with van der Waals surface area (Å²) in [5, 5.41) is 0. The van der Waals surface area contributed by atoms with E-state index in [0.717, 1.165) is 24.2 Å². The third-order valence-electron chi connectivity index (χ3n) is 3.50. The van der Waals surface area contributed by atoms with E-state index < -0.39 is 10.0 Å². The Morgan fingerprint density at radius 1 is 1.29 bits per heavy atom. The Balaban J connectivity index is 1.73. The van der Waals surface area contributed by atoms with Crippen LogP contribution in [0.15, 0.2) is 41.3 Å². The highest BCUT2D eigenvalue weighted by molar-refractivity contribution is 8.00. The minimum Gasteiger partial charge on any atom is -0.398 e. The molecule has 0 heterocycles. The summed E-state index contributed by atoms with van der Waals surface area (Å²) < 4.78 is 26.7. The molecule has 0 spiro atoms. The SMILES string of the molecule is Nc1ccccc1SCCS(=O)(=O)NCC1CC=CCC1. The molecule has 21 heavy (non-hydrogen) atoms. The number of para-hydroxylation sites is 1. The summed E-state index contributed by atoms with van der Waals surface area (Å²) in [5.74, 6) is 1.06. The third kappa shape index (κ3) is 5.73. The number of rotatable bonds is 7. The molecule has 1 aromatic carbocycles. The molecule has 2 rings (SSSR count). The summed E-state index contributed by atoms with van der Waals surface area (Å²) in [6.07, 6.45) is 7.38. The second kappa shape index (κ2) is 7.87. The molecule has 0 radical (unpaired) electrons. The van der Waals surface area contributed by atoms with Crippen LogP contribution in [0.3, 0.4) is 0 Å². The molecule has 1 aliphatic carbocycles. The van der Waals surface area contributed by atoms with Gasteiger partial charge in [-0.15, -0.1) is 11.8 Å². The van der Waals surface area contributed by atoms with Crippen LogP contribution in [0.1, 0.15) is 19.3 Å². The van der Waals surface area contributed by atoms with E-state index in [1.807, 2.05) is 24.3 Å². The third-order valence-corrected chi connectivity index (χ3v) is 6.20. The molecular weight excluding hydrogens is 304 g/mol. The fraction of sp³-hybridized carbons (Fsp3) is 0.467. The average Bonchev–Trinajstić information content (AvgIpc) is 2.48. The van der Waals surface area contributed by atoms with Crippen molar-refractivity contribution in [3.8, 4) is 0 Å². The Bertz CT molecular complexity index is 585. The van der Waals surface area contributed by atoms with Crippen LogP contribution in [0.2, 0.25) is 0 Å². The number of anilines is 1. The van der Waals surface area contributed by atoms with Gasteiger partial charge in [-0.1, -0.05) is 24.3 Å². The first-order valence-corrected chi connectivity index (χ1v) is 9.80. The van der Waals surface area contributed by atoms with Gasteiger partial charge in [0, 0.05) is 22.9 Å². The van der Waals surface area contributed by atoms with Crippen LogP contribution in [-0.4, -0.2) is 26.5 Å². The largest absolute Gasteiger partial charge is 0.398 e. The number of thioether (sulfide) groups is 1. The maximum atomic E-state index is 12.0. The first kappa shape index (κ1) is 16.4. The van der Waals surface area contributed by atoms with E-state index in [-0.39, 0.29) is 5.75 Å².